The number of carbonyl (C=O) groups excluding carboxylic acids is 2. The van der Waals surface area contributed by atoms with Gasteiger partial charge in [0.1, 0.15) is 0 Å². The van der Waals surface area contributed by atoms with E-state index in [2.05, 4.69) is 5.32 Å². The predicted octanol–water partition coefficient (Wildman–Crippen LogP) is 2.74. The lowest BCUT2D eigenvalue weighted by Crippen LogP contribution is -2.26. The highest BCUT2D eigenvalue weighted by Crippen LogP contribution is 2.31. The molecule has 5 nitrogen and oxygen atoms in total. The Balaban J connectivity index is 1.96. The number of hydrogen-bond acceptors (Lipinski definition) is 4. The van der Waals surface area contributed by atoms with E-state index in [4.69, 9.17) is 10.5 Å². The number of benzene rings is 1. The number of nitrogens with two attached hydrogens (primary N) is 1. The summed E-state index contributed by atoms with van der Waals surface area (Å²) in [5, 5.41) is 2.83. The van der Waals surface area contributed by atoms with Gasteiger partial charge < -0.3 is 15.8 Å². The van der Waals surface area contributed by atoms with Crippen molar-refractivity contribution in [2.24, 2.45) is 5.73 Å². The number of rotatable bonds is 4. The lowest BCUT2D eigenvalue weighted by atomic mass is 10.2. The van der Waals surface area contributed by atoms with Crippen LogP contribution in [0.3, 0.4) is 0 Å². The standard InChI is InChI=1S/C13H11IN2O3S/c14-10-6-9(11(15)17)12(20-10)19-13(18)16-7-8-4-2-1-3-5-8/h1-6H,7H2,(H2,15,17)(H,16,18). The Labute approximate surface area is 133 Å². The van der Waals surface area contributed by atoms with Crippen LogP contribution in [0.5, 0.6) is 5.06 Å². The zero-order chi connectivity index (χ0) is 14.5. The Morgan fingerprint density at radius 3 is 2.65 bits per heavy atom. The first-order valence-electron chi connectivity index (χ1n) is 5.65. The molecule has 0 spiro atoms. The van der Waals surface area contributed by atoms with Gasteiger partial charge in [-0.3, -0.25) is 4.79 Å². The van der Waals surface area contributed by atoms with Crippen molar-refractivity contribution in [3.8, 4) is 5.06 Å². The average molecular weight is 402 g/mol. The molecule has 0 radical (unpaired) electrons. The first-order valence-corrected chi connectivity index (χ1v) is 7.54. The van der Waals surface area contributed by atoms with Gasteiger partial charge in [-0.15, -0.1) is 0 Å². The Morgan fingerprint density at radius 2 is 2.00 bits per heavy atom. The van der Waals surface area contributed by atoms with E-state index in [9.17, 15) is 9.59 Å². The summed E-state index contributed by atoms with van der Waals surface area (Å²) >= 11 is 3.23. The molecule has 3 N–H and O–H groups in total. The summed E-state index contributed by atoms with van der Waals surface area (Å²) in [6, 6.07) is 11.0. The van der Waals surface area contributed by atoms with E-state index in [-0.39, 0.29) is 10.6 Å². The second-order valence-electron chi connectivity index (χ2n) is 3.84. The smallest absolute Gasteiger partial charge is 0.398 e. The quantitative estimate of drug-likeness (QED) is 0.772. The van der Waals surface area contributed by atoms with Gasteiger partial charge in [0.2, 0.25) is 0 Å². The summed E-state index contributed by atoms with van der Waals surface area (Å²) in [4.78, 5) is 22.9. The minimum Gasteiger partial charge on any atom is -0.398 e. The van der Waals surface area contributed by atoms with Gasteiger partial charge >= 0.3 is 6.09 Å². The van der Waals surface area contributed by atoms with Crippen molar-refractivity contribution in [1.82, 2.24) is 5.32 Å². The molecule has 0 saturated heterocycles. The molecular weight excluding hydrogens is 391 g/mol. The molecule has 0 unspecified atom stereocenters. The highest BCUT2D eigenvalue weighted by atomic mass is 127. The fourth-order valence-corrected chi connectivity index (χ4v) is 3.14. The van der Waals surface area contributed by atoms with E-state index in [1.165, 1.54) is 11.3 Å². The van der Waals surface area contributed by atoms with Gasteiger partial charge in [-0.05, 0) is 34.2 Å². The minimum atomic E-state index is -0.616. The van der Waals surface area contributed by atoms with Crippen LogP contribution in [-0.2, 0) is 6.54 Å². The molecule has 1 aromatic heterocycles. The molecule has 0 fully saturated rings. The zero-order valence-electron chi connectivity index (χ0n) is 10.3. The minimum absolute atomic E-state index is 0.215. The average Bonchev–Trinajstić information content (AvgIpc) is 2.79. The number of hydrogen-bond donors (Lipinski definition) is 2. The molecule has 20 heavy (non-hydrogen) atoms. The van der Waals surface area contributed by atoms with Crippen molar-refractivity contribution in [2.45, 2.75) is 6.54 Å². The van der Waals surface area contributed by atoms with E-state index >= 15 is 0 Å². The molecule has 2 amide bonds. The van der Waals surface area contributed by atoms with Crippen LogP contribution in [-0.4, -0.2) is 12.0 Å². The Morgan fingerprint density at radius 1 is 1.30 bits per heavy atom. The number of nitrogens with one attached hydrogen (secondary N) is 1. The van der Waals surface area contributed by atoms with E-state index in [1.54, 1.807) is 6.07 Å². The Bertz CT molecular complexity index is 628. The van der Waals surface area contributed by atoms with Crippen LogP contribution in [0, 0.1) is 2.88 Å². The van der Waals surface area contributed by atoms with Crippen molar-refractivity contribution in [2.75, 3.05) is 0 Å². The molecule has 0 aliphatic carbocycles. The van der Waals surface area contributed by atoms with Crippen molar-refractivity contribution < 1.29 is 14.3 Å². The lowest BCUT2D eigenvalue weighted by molar-refractivity contribution is 0.0998. The van der Waals surface area contributed by atoms with Gasteiger partial charge in [0.25, 0.3) is 5.91 Å². The molecule has 2 rings (SSSR count). The molecule has 1 heterocycles. The van der Waals surface area contributed by atoms with Crippen molar-refractivity contribution >= 4 is 45.9 Å². The molecule has 0 saturated carbocycles. The maximum Gasteiger partial charge on any atom is 0.413 e. The summed E-state index contributed by atoms with van der Waals surface area (Å²) in [7, 11) is 0. The van der Waals surface area contributed by atoms with Crippen molar-refractivity contribution in [3.05, 3.63) is 50.4 Å². The monoisotopic (exact) mass is 402 g/mol. The maximum absolute atomic E-state index is 11.7. The molecule has 0 aliphatic rings. The molecule has 104 valence electrons. The predicted molar refractivity (Wildman–Crippen MR) is 84.9 cm³/mol. The third kappa shape index (κ3) is 3.94. The summed E-state index contributed by atoms with van der Waals surface area (Å²) in [5.74, 6) is -0.616. The van der Waals surface area contributed by atoms with Gasteiger partial charge in [0.15, 0.2) is 5.06 Å². The largest absolute Gasteiger partial charge is 0.413 e. The van der Waals surface area contributed by atoms with E-state index in [0.29, 0.717) is 6.54 Å². The summed E-state index contributed by atoms with van der Waals surface area (Å²) in [6.45, 7) is 0.355. The second-order valence-corrected chi connectivity index (χ2v) is 6.75. The van der Waals surface area contributed by atoms with Crippen LogP contribution in [0.25, 0.3) is 0 Å². The van der Waals surface area contributed by atoms with Crippen molar-refractivity contribution in [3.63, 3.8) is 0 Å². The van der Waals surface area contributed by atoms with Crippen LogP contribution in [0.1, 0.15) is 15.9 Å². The first-order chi connectivity index (χ1) is 9.56. The highest BCUT2D eigenvalue weighted by Gasteiger charge is 2.17. The SMILES string of the molecule is NC(=O)c1cc(I)sc1OC(=O)NCc1ccccc1. The third-order valence-electron chi connectivity index (χ3n) is 2.40. The number of primary amides is 1. The summed E-state index contributed by atoms with van der Waals surface area (Å²) < 4.78 is 5.93. The maximum atomic E-state index is 11.7. The van der Waals surface area contributed by atoms with Crippen LogP contribution in [0.2, 0.25) is 0 Å². The summed E-state index contributed by atoms with van der Waals surface area (Å²) in [5.41, 5.74) is 6.40. The molecule has 0 aliphatic heterocycles. The van der Waals surface area contributed by atoms with Crippen LogP contribution in [0.4, 0.5) is 4.79 Å². The van der Waals surface area contributed by atoms with Crippen LogP contribution in [0.15, 0.2) is 36.4 Å². The van der Waals surface area contributed by atoms with Gasteiger partial charge in [-0.1, -0.05) is 41.7 Å². The lowest BCUT2D eigenvalue weighted by Gasteiger charge is -2.06. The van der Waals surface area contributed by atoms with E-state index in [0.717, 1.165) is 8.45 Å². The Hall–Kier alpha value is -1.61. The molecule has 2 aromatic rings. The third-order valence-corrected chi connectivity index (χ3v) is 4.17. The zero-order valence-corrected chi connectivity index (χ0v) is 13.2. The molecule has 0 atom stereocenters. The topological polar surface area (TPSA) is 81.4 Å². The normalized spacial score (nSPS) is 10.1. The van der Waals surface area contributed by atoms with Gasteiger partial charge in [0.05, 0.1) is 8.45 Å². The van der Waals surface area contributed by atoms with E-state index < -0.39 is 12.0 Å². The fraction of sp³-hybridized carbons (Fsp3) is 0.0769. The molecule has 7 heteroatoms. The van der Waals surface area contributed by atoms with Crippen LogP contribution >= 0.6 is 33.9 Å². The first kappa shape index (κ1) is 14.8. The number of thiophene rings is 1. The van der Waals surface area contributed by atoms with E-state index in [1.807, 2.05) is 52.9 Å². The number of carbonyl (C=O) groups is 2. The van der Waals surface area contributed by atoms with Crippen LogP contribution < -0.4 is 15.8 Å². The second kappa shape index (κ2) is 6.71. The number of halogens is 1. The highest BCUT2D eigenvalue weighted by molar-refractivity contribution is 14.1. The van der Waals surface area contributed by atoms with Gasteiger partial charge in [0, 0.05) is 6.54 Å². The number of amides is 2. The van der Waals surface area contributed by atoms with Crippen molar-refractivity contribution in [1.29, 1.82) is 0 Å². The molecule has 0 bridgehead atoms. The Kier molecular flexibility index (Phi) is 4.96. The van der Waals surface area contributed by atoms with Gasteiger partial charge in [-0.25, -0.2) is 4.79 Å². The number of ether oxygens (including phenoxy) is 1. The fourth-order valence-electron chi connectivity index (χ4n) is 1.48. The molecule has 1 aromatic carbocycles. The summed E-state index contributed by atoms with van der Waals surface area (Å²) in [6.07, 6.45) is -0.616. The van der Waals surface area contributed by atoms with Gasteiger partial charge in [-0.2, -0.15) is 0 Å². The molecular formula is C13H11IN2O3S.